The highest BCUT2D eigenvalue weighted by Gasteiger charge is 2.17. The van der Waals surface area contributed by atoms with Crippen LogP contribution in [-0.4, -0.2) is 22.9 Å². The standard InChI is InChI=1S/C22H20N4OS/c1-15(26(2)20-19-11-12-28-22(19)24-14-23-20)17-9-6-10-18(13-17)25-21(27)16-7-4-3-5-8-16/h3-15H,1-2H3,(H,25,27). The van der Waals surface area contributed by atoms with E-state index in [4.69, 9.17) is 0 Å². The highest BCUT2D eigenvalue weighted by atomic mass is 32.1. The van der Waals surface area contributed by atoms with E-state index < -0.39 is 0 Å². The number of fused-ring (bicyclic) bond motifs is 1. The van der Waals surface area contributed by atoms with Gasteiger partial charge in [0, 0.05) is 18.3 Å². The van der Waals surface area contributed by atoms with Crippen LogP contribution in [-0.2, 0) is 0 Å². The molecule has 6 heteroatoms. The lowest BCUT2D eigenvalue weighted by Crippen LogP contribution is -2.23. The van der Waals surface area contributed by atoms with Crippen molar-refractivity contribution in [3.05, 3.63) is 83.5 Å². The van der Waals surface area contributed by atoms with Crippen LogP contribution in [0.2, 0.25) is 0 Å². The van der Waals surface area contributed by atoms with Crippen molar-refractivity contribution in [1.82, 2.24) is 9.97 Å². The molecule has 1 atom stereocenters. The molecule has 0 fully saturated rings. The minimum absolute atomic E-state index is 0.0755. The minimum atomic E-state index is -0.116. The van der Waals surface area contributed by atoms with Crippen molar-refractivity contribution in [3.63, 3.8) is 0 Å². The quantitative estimate of drug-likeness (QED) is 0.514. The predicted octanol–water partition coefficient (Wildman–Crippen LogP) is 5.14. The molecule has 0 bridgehead atoms. The van der Waals surface area contributed by atoms with Gasteiger partial charge in [-0.25, -0.2) is 9.97 Å². The van der Waals surface area contributed by atoms with E-state index in [1.54, 1.807) is 29.8 Å². The summed E-state index contributed by atoms with van der Waals surface area (Å²) in [5.41, 5.74) is 2.50. The largest absolute Gasteiger partial charge is 0.352 e. The van der Waals surface area contributed by atoms with Gasteiger partial charge in [-0.3, -0.25) is 4.79 Å². The number of hydrogen-bond donors (Lipinski definition) is 1. The highest BCUT2D eigenvalue weighted by molar-refractivity contribution is 7.16. The molecule has 1 N–H and O–H groups in total. The number of amides is 1. The molecule has 0 aliphatic heterocycles. The summed E-state index contributed by atoms with van der Waals surface area (Å²) in [6.07, 6.45) is 1.61. The van der Waals surface area contributed by atoms with Gasteiger partial charge in [-0.1, -0.05) is 30.3 Å². The van der Waals surface area contributed by atoms with E-state index in [0.717, 1.165) is 27.3 Å². The Hall–Kier alpha value is -3.25. The van der Waals surface area contributed by atoms with E-state index in [2.05, 4.69) is 39.2 Å². The molecule has 4 aromatic rings. The molecule has 2 aromatic carbocycles. The third kappa shape index (κ3) is 3.59. The fourth-order valence-electron chi connectivity index (χ4n) is 3.13. The lowest BCUT2D eigenvalue weighted by atomic mass is 10.1. The van der Waals surface area contributed by atoms with Crippen molar-refractivity contribution >= 4 is 39.0 Å². The lowest BCUT2D eigenvalue weighted by molar-refractivity contribution is 0.102. The molecule has 2 aromatic heterocycles. The molecule has 1 unspecified atom stereocenters. The third-order valence-corrected chi connectivity index (χ3v) is 5.64. The SMILES string of the molecule is CC(c1cccc(NC(=O)c2ccccc2)c1)N(C)c1ncnc2sccc12. The number of benzene rings is 2. The Kier molecular flexibility index (Phi) is 5.04. The van der Waals surface area contributed by atoms with Gasteiger partial charge in [0.05, 0.1) is 11.4 Å². The molecule has 5 nitrogen and oxygen atoms in total. The fourth-order valence-corrected chi connectivity index (χ4v) is 3.86. The van der Waals surface area contributed by atoms with Gasteiger partial charge in [0.25, 0.3) is 5.91 Å². The van der Waals surface area contributed by atoms with E-state index in [9.17, 15) is 4.79 Å². The summed E-state index contributed by atoms with van der Waals surface area (Å²) >= 11 is 1.61. The first-order valence-electron chi connectivity index (χ1n) is 9.01. The number of carbonyl (C=O) groups excluding carboxylic acids is 1. The van der Waals surface area contributed by atoms with E-state index in [-0.39, 0.29) is 11.9 Å². The van der Waals surface area contributed by atoms with Crippen molar-refractivity contribution in [2.75, 3.05) is 17.3 Å². The summed E-state index contributed by atoms with van der Waals surface area (Å²) in [7, 11) is 2.03. The fraction of sp³-hybridized carbons (Fsp3) is 0.136. The second kappa shape index (κ2) is 7.78. The Balaban J connectivity index is 1.56. The molecular weight excluding hydrogens is 368 g/mol. The van der Waals surface area contributed by atoms with Gasteiger partial charge in [0.15, 0.2) is 0 Å². The zero-order chi connectivity index (χ0) is 19.5. The number of rotatable bonds is 5. The maximum atomic E-state index is 12.4. The maximum absolute atomic E-state index is 12.4. The third-order valence-electron chi connectivity index (χ3n) is 4.82. The summed E-state index contributed by atoms with van der Waals surface area (Å²) in [4.78, 5) is 24.4. The van der Waals surface area contributed by atoms with Gasteiger partial charge in [-0.15, -0.1) is 11.3 Å². The van der Waals surface area contributed by atoms with Crippen molar-refractivity contribution in [3.8, 4) is 0 Å². The van der Waals surface area contributed by atoms with Crippen molar-refractivity contribution < 1.29 is 4.79 Å². The van der Waals surface area contributed by atoms with Gasteiger partial charge in [-0.05, 0) is 48.2 Å². The second-order valence-electron chi connectivity index (χ2n) is 6.57. The van der Waals surface area contributed by atoms with E-state index >= 15 is 0 Å². The summed E-state index contributed by atoms with van der Waals surface area (Å²) in [6, 6.07) is 19.3. The molecule has 1 amide bonds. The monoisotopic (exact) mass is 388 g/mol. The Morgan fingerprint density at radius 1 is 1.07 bits per heavy atom. The number of anilines is 2. The molecule has 140 valence electrons. The Morgan fingerprint density at radius 2 is 1.89 bits per heavy atom. The smallest absolute Gasteiger partial charge is 0.255 e. The van der Waals surface area contributed by atoms with Crippen LogP contribution >= 0.6 is 11.3 Å². The van der Waals surface area contributed by atoms with Crippen LogP contribution in [0.15, 0.2) is 72.4 Å². The van der Waals surface area contributed by atoms with Crippen LogP contribution in [0, 0.1) is 0 Å². The molecule has 0 saturated carbocycles. The first-order chi connectivity index (χ1) is 13.6. The zero-order valence-corrected chi connectivity index (χ0v) is 16.5. The molecule has 0 radical (unpaired) electrons. The Labute approximate surface area is 167 Å². The number of carbonyl (C=O) groups is 1. The van der Waals surface area contributed by atoms with Gasteiger partial charge in [0.2, 0.25) is 0 Å². The van der Waals surface area contributed by atoms with E-state index in [1.807, 2.05) is 48.8 Å². The number of nitrogens with zero attached hydrogens (tertiary/aromatic N) is 3. The molecule has 28 heavy (non-hydrogen) atoms. The lowest BCUT2D eigenvalue weighted by Gasteiger charge is -2.27. The summed E-state index contributed by atoms with van der Waals surface area (Å²) in [6.45, 7) is 2.12. The van der Waals surface area contributed by atoms with Crippen LogP contribution in [0.1, 0.15) is 28.9 Å². The van der Waals surface area contributed by atoms with Crippen LogP contribution in [0.5, 0.6) is 0 Å². The molecule has 0 aliphatic rings. The summed E-state index contributed by atoms with van der Waals surface area (Å²) in [5.74, 6) is 0.784. The van der Waals surface area contributed by atoms with Gasteiger partial charge in [-0.2, -0.15) is 0 Å². The van der Waals surface area contributed by atoms with Gasteiger partial charge in [0.1, 0.15) is 17.0 Å². The summed E-state index contributed by atoms with van der Waals surface area (Å²) in [5, 5.41) is 6.06. The normalized spacial score (nSPS) is 11.9. The Bertz CT molecular complexity index is 1110. The minimum Gasteiger partial charge on any atom is -0.352 e. The van der Waals surface area contributed by atoms with Crippen molar-refractivity contribution in [1.29, 1.82) is 0 Å². The van der Waals surface area contributed by atoms with Crippen LogP contribution < -0.4 is 10.2 Å². The number of thiophene rings is 1. The molecule has 0 spiro atoms. The van der Waals surface area contributed by atoms with E-state index in [0.29, 0.717) is 5.56 Å². The first kappa shape index (κ1) is 18.1. The molecule has 0 saturated heterocycles. The zero-order valence-electron chi connectivity index (χ0n) is 15.7. The molecule has 2 heterocycles. The topological polar surface area (TPSA) is 58.1 Å². The van der Waals surface area contributed by atoms with E-state index in [1.165, 1.54) is 0 Å². The molecule has 0 aliphatic carbocycles. The molecular formula is C22H20N4OS. The average Bonchev–Trinajstić information content (AvgIpc) is 3.22. The average molecular weight is 388 g/mol. The second-order valence-corrected chi connectivity index (χ2v) is 7.46. The van der Waals surface area contributed by atoms with Crippen LogP contribution in [0.3, 0.4) is 0 Å². The molecule has 4 rings (SSSR count). The number of hydrogen-bond acceptors (Lipinski definition) is 5. The first-order valence-corrected chi connectivity index (χ1v) is 9.89. The summed E-state index contributed by atoms with van der Waals surface area (Å²) < 4.78 is 0. The van der Waals surface area contributed by atoms with Gasteiger partial charge < -0.3 is 10.2 Å². The number of nitrogens with one attached hydrogen (secondary N) is 1. The van der Waals surface area contributed by atoms with Crippen molar-refractivity contribution in [2.24, 2.45) is 0 Å². The maximum Gasteiger partial charge on any atom is 0.255 e. The van der Waals surface area contributed by atoms with Crippen LogP contribution in [0.25, 0.3) is 10.2 Å². The number of aromatic nitrogens is 2. The predicted molar refractivity (Wildman–Crippen MR) is 115 cm³/mol. The van der Waals surface area contributed by atoms with Crippen LogP contribution in [0.4, 0.5) is 11.5 Å². The Morgan fingerprint density at radius 3 is 2.71 bits per heavy atom. The van der Waals surface area contributed by atoms with Crippen molar-refractivity contribution in [2.45, 2.75) is 13.0 Å². The highest BCUT2D eigenvalue weighted by Crippen LogP contribution is 2.31. The van der Waals surface area contributed by atoms with Gasteiger partial charge >= 0.3 is 0 Å².